The topological polar surface area (TPSA) is 42.9 Å². The monoisotopic (exact) mass is 345 g/mol. The first-order valence-electron chi connectivity index (χ1n) is 9.33. The summed E-state index contributed by atoms with van der Waals surface area (Å²) in [7, 11) is 6.06. The van der Waals surface area contributed by atoms with E-state index in [0.717, 1.165) is 32.1 Å². The molecule has 0 saturated carbocycles. The highest BCUT2D eigenvalue weighted by atomic mass is 15.3. The van der Waals surface area contributed by atoms with Crippen LogP contribution >= 0.6 is 0 Å². The third-order valence-electron chi connectivity index (χ3n) is 4.97. The van der Waals surface area contributed by atoms with E-state index in [9.17, 15) is 0 Å². The van der Waals surface area contributed by atoms with Gasteiger partial charge in [0.2, 0.25) is 0 Å². The lowest BCUT2D eigenvalue weighted by molar-refractivity contribution is 0.265. The number of nitrogens with one attached hydrogen (secondary N) is 2. The normalized spacial score (nSPS) is 22.0. The Kier molecular flexibility index (Phi) is 7.26. The first-order chi connectivity index (χ1) is 11.9. The van der Waals surface area contributed by atoms with Gasteiger partial charge in [0.25, 0.3) is 0 Å². The van der Waals surface area contributed by atoms with E-state index in [4.69, 9.17) is 0 Å². The second-order valence-electron chi connectivity index (χ2n) is 7.71. The number of guanidine groups is 1. The summed E-state index contributed by atoms with van der Waals surface area (Å²) in [6.07, 6.45) is 0. The number of aliphatic imine (C=N–C) groups is 1. The molecule has 1 aliphatic rings. The molecular formula is C20H35N5. The SMILES string of the molecule is CN=C(NCc1ccccc1CN(C)C)NC1CN(C(C)C)CC1C. The molecule has 2 atom stereocenters. The van der Waals surface area contributed by atoms with Crippen molar-refractivity contribution >= 4 is 5.96 Å². The van der Waals surface area contributed by atoms with Crippen molar-refractivity contribution in [3.63, 3.8) is 0 Å². The van der Waals surface area contributed by atoms with Gasteiger partial charge < -0.3 is 15.5 Å². The summed E-state index contributed by atoms with van der Waals surface area (Å²) in [6.45, 7) is 10.8. The summed E-state index contributed by atoms with van der Waals surface area (Å²) >= 11 is 0. The maximum atomic E-state index is 4.43. The van der Waals surface area contributed by atoms with Crippen molar-refractivity contribution in [3.8, 4) is 0 Å². The van der Waals surface area contributed by atoms with Crippen LogP contribution in [0.4, 0.5) is 0 Å². The maximum absolute atomic E-state index is 4.43. The predicted molar refractivity (Wildman–Crippen MR) is 107 cm³/mol. The van der Waals surface area contributed by atoms with Gasteiger partial charge in [-0.25, -0.2) is 0 Å². The molecule has 1 fully saturated rings. The molecule has 140 valence electrons. The second-order valence-corrected chi connectivity index (χ2v) is 7.71. The Labute approximate surface area is 153 Å². The Morgan fingerprint density at radius 2 is 1.92 bits per heavy atom. The van der Waals surface area contributed by atoms with Crippen molar-refractivity contribution in [3.05, 3.63) is 35.4 Å². The van der Waals surface area contributed by atoms with Crippen LogP contribution in [0.1, 0.15) is 31.9 Å². The molecule has 5 heteroatoms. The number of nitrogens with zero attached hydrogens (tertiary/aromatic N) is 3. The van der Waals surface area contributed by atoms with E-state index >= 15 is 0 Å². The molecule has 0 aliphatic carbocycles. The smallest absolute Gasteiger partial charge is 0.191 e. The third kappa shape index (κ3) is 5.72. The molecule has 0 radical (unpaired) electrons. The Bertz CT molecular complexity index is 567. The summed E-state index contributed by atoms with van der Waals surface area (Å²) in [5, 5.41) is 7.11. The van der Waals surface area contributed by atoms with Crippen molar-refractivity contribution in [1.82, 2.24) is 20.4 Å². The van der Waals surface area contributed by atoms with Gasteiger partial charge >= 0.3 is 0 Å². The molecule has 5 nitrogen and oxygen atoms in total. The lowest BCUT2D eigenvalue weighted by Gasteiger charge is -2.22. The highest BCUT2D eigenvalue weighted by Crippen LogP contribution is 2.18. The van der Waals surface area contributed by atoms with Crippen molar-refractivity contribution in [2.45, 2.75) is 45.9 Å². The lowest BCUT2D eigenvalue weighted by atomic mass is 10.1. The fourth-order valence-electron chi connectivity index (χ4n) is 3.39. The van der Waals surface area contributed by atoms with E-state index in [1.807, 2.05) is 7.05 Å². The zero-order valence-corrected chi connectivity index (χ0v) is 16.7. The highest BCUT2D eigenvalue weighted by Gasteiger charge is 2.31. The summed E-state index contributed by atoms with van der Waals surface area (Å²) in [4.78, 5) is 9.16. The molecule has 0 amide bonds. The predicted octanol–water partition coefficient (Wildman–Crippen LogP) is 2.14. The molecule has 25 heavy (non-hydrogen) atoms. The average Bonchev–Trinajstić information content (AvgIpc) is 2.93. The standard InChI is InChI=1S/C20H35N5/c1-15(2)25-12-16(3)19(14-25)23-20(21-4)22-11-17-9-7-8-10-18(17)13-24(5)6/h7-10,15-16,19H,11-14H2,1-6H3,(H2,21,22,23). The molecular weight excluding hydrogens is 310 g/mol. The number of likely N-dealkylation sites (tertiary alicyclic amines) is 1. The maximum Gasteiger partial charge on any atom is 0.191 e. The van der Waals surface area contributed by atoms with Gasteiger partial charge in [-0.15, -0.1) is 0 Å². The van der Waals surface area contributed by atoms with Gasteiger partial charge in [-0.1, -0.05) is 31.2 Å². The fourth-order valence-corrected chi connectivity index (χ4v) is 3.39. The van der Waals surface area contributed by atoms with Crippen LogP contribution in [0, 0.1) is 5.92 Å². The molecule has 1 heterocycles. The van der Waals surface area contributed by atoms with Crippen LogP contribution < -0.4 is 10.6 Å². The summed E-state index contributed by atoms with van der Waals surface area (Å²) in [6, 6.07) is 9.65. The van der Waals surface area contributed by atoms with Crippen molar-refractivity contribution in [2.75, 3.05) is 34.2 Å². The largest absolute Gasteiger partial charge is 0.352 e. The van der Waals surface area contributed by atoms with E-state index in [1.54, 1.807) is 0 Å². The number of hydrogen-bond acceptors (Lipinski definition) is 3. The van der Waals surface area contributed by atoms with E-state index in [2.05, 4.69) is 84.6 Å². The second kappa shape index (κ2) is 9.20. The Morgan fingerprint density at radius 3 is 2.48 bits per heavy atom. The third-order valence-corrected chi connectivity index (χ3v) is 4.97. The van der Waals surface area contributed by atoms with Crippen molar-refractivity contribution in [1.29, 1.82) is 0 Å². The van der Waals surface area contributed by atoms with Gasteiger partial charge in [0.15, 0.2) is 5.96 Å². The summed E-state index contributed by atoms with van der Waals surface area (Å²) in [5.74, 6) is 1.52. The molecule has 0 spiro atoms. The number of hydrogen-bond donors (Lipinski definition) is 2. The van der Waals surface area contributed by atoms with Crippen LogP contribution in [-0.2, 0) is 13.1 Å². The van der Waals surface area contributed by atoms with Crippen LogP contribution in [0.3, 0.4) is 0 Å². The van der Waals surface area contributed by atoms with Crippen molar-refractivity contribution in [2.24, 2.45) is 10.9 Å². The van der Waals surface area contributed by atoms with Crippen LogP contribution in [-0.4, -0.2) is 62.1 Å². The van der Waals surface area contributed by atoms with Gasteiger partial charge in [0, 0.05) is 45.3 Å². The van der Waals surface area contributed by atoms with Crippen LogP contribution in [0.25, 0.3) is 0 Å². The van der Waals surface area contributed by atoms with E-state index in [-0.39, 0.29) is 0 Å². The molecule has 0 aromatic heterocycles. The fraction of sp³-hybridized carbons (Fsp3) is 0.650. The molecule has 1 aliphatic heterocycles. The van der Waals surface area contributed by atoms with E-state index in [0.29, 0.717) is 18.0 Å². The minimum atomic E-state index is 0.450. The molecule has 2 rings (SSSR count). The van der Waals surface area contributed by atoms with Crippen molar-refractivity contribution < 1.29 is 0 Å². The Balaban J connectivity index is 1.93. The van der Waals surface area contributed by atoms with Gasteiger partial charge in [0.1, 0.15) is 0 Å². The molecule has 1 aromatic rings. The molecule has 2 N–H and O–H groups in total. The summed E-state index contributed by atoms with van der Waals surface area (Å²) in [5.41, 5.74) is 2.68. The van der Waals surface area contributed by atoms with Crippen LogP contribution in [0.5, 0.6) is 0 Å². The quantitative estimate of drug-likeness (QED) is 0.612. The van der Waals surface area contributed by atoms with Gasteiger partial charge in [-0.05, 0) is 45.0 Å². The zero-order valence-electron chi connectivity index (χ0n) is 16.7. The Hall–Kier alpha value is -1.59. The molecule has 1 saturated heterocycles. The molecule has 2 unspecified atom stereocenters. The highest BCUT2D eigenvalue weighted by molar-refractivity contribution is 5.80. The molecule has 1 aromatic carbocycles. The Morgan fingerprint density at radius 1 is 1.24 bits per heavy atom. The van der Waals surface area contributed by atoms with Crippen LogP contribution in [0.15, 0.2) is 29.3 Å². The first-order valence-corrected chi connectivity index (χ1v) is 9.33. The average molecular weight is 346 g/mol. The minimum Gasteiger partial charge on any atom is -0.352 e. The first kappa shape index (κ1) is 19.7. The minimum absolute atomic E-state index is 0.450. The van der Waals surface area contributed by atoms with E-state index < -0.39 is 0 Å². The van der Waals surface area contributed by atoms with Gasteiger partial charge in [-0.3, -0.25) is 9.89 Å². The summed E-state index contributed by atoms with van der Waals surface area (Å²) < 4.78 is 0. The van der Waals surface area contributed by atoms with Gasteiger partial charge in [0.05, 0.1) is 0 Å². The van der Waals surface area contributed by atoms with Crippen LogP contribution in [0.2, 0.25) is 0 Å². The lowest BCUT2D eigenvalue weighted by Crippen LogP contribution is -2.46. The zero-order chi connectivity index (χ0) is 18.4. The number of rotatable bonds is 6. The van der Waals surface area contributed by atoms with Gasteiger partial charge in [-0.2, -0.15) is 0 Å². The number of benzene rings is 1. The molecule has 0 bridgehead atoms. The van der Waals surface area contributed by atoms with E-state index in [1.165, 1.54) is 11.1 Å².